The highest BCUT2D eigenvalue weighted by Gasteiger charge is 2.09. The van der Waals surface area contributed by atoms with Crippen LogP contribution in [0, 0.1) is 13.8 Å². The highest BCUT2D eigenvalue weighted by atomic mass is 15.3. The molecule has 1 heterocycles. The Bertz CT molecular complexity index is 287. The second-order valence-electron chi connectivity index (χ2n) is 3.79. The molecule has 0 amide bonds. The van der Waals surface area contributed by atoms with Gasteiger partial charge in [-0.2, -0.15) is 5.10 Å². The minimum absolute atomic E-state index is 0.277. The third kappa shape index (κ3) is 2.31. The Balaban J connectivity index is 2.76. The summed E-state index contributed by atoms with van der Waals surface area (Å²) >= 11 is 0. The molecule has 0 spiro atoms. The van der Waals surface area contributed by atoms with Gasteiger partial charge in [0, 0.05) is 18.8 Å². The summed E-state index contributed by atoms with van der Waals surface area (Å²) in [6.45, 7) is 6.21. The van der Waals surface area contributed by atoms with E-state index < -0.39 is 0 Å². The average molecular weight is 181 g/mol. The van der Waals surface area contributed by atoms with E-state index in [4.69, 9.17) is 5.73 Å². The lowest BCUT2D eigenvalue weighted by molar-refractivity contribution is 0.661. The Hall–Kier alpha value is -0.830. The van der Waals surface area contributed by atoms with Gasteiger partial charge < -0.3 is 5.73 Å². The largest absolute Gasteiger partial charge is 0.328 e. The maximum absolute atomic E-state index is 5.72. The van der Waals surface area contributed by atoms with E-state index in [1.807, 2.05) is 18.7 Å². The Labute approximate surface area is 79.9 Å². The lowest BCUT2D eigenvalue weighted by Gasteiger charge is -2.04. The summed E-state index contributed by atoms with van der Waals surface area (Å²) in [6.07, 6.45) is 2.08. The van der Waals surface area contributed by atoms with Gasteiger partial charge in [0.2, 0.25) is 0 Å². The summed E-state index contributed by atoms with van der Waals surface area (Å²) in [6, 6.07) is 0.277. The molecule has 1 aromatic heterocycles. The van der Waals surface area contributed by atoms with Crippen LogP contribution in [0.1, 0.15) is 30.3 Å². The zero-order valence-corrected chi connectivity index (χ0v) is 8.96. The number of aromatic nitrogens is 2. The first-order valence-corrected chi connectivity index (χ1v) is 4.77. The molecule has 2 N–H and O–H groups in total. The van der Waals surface area contributed by atoms with Gasteiger partial charge in [0.15, 0.2) is 0 Å². The van der Waals surface area contributed by atoms with E-state index in [1.165, 1.54) is 11.3 Å². The summed E-state index contributed by atoms with van der Waals surface area (Å²) in [4.78, 5) is 0. The molecule has 0 aliphatic rings. The molecule has 0 saturated carbocycles. The van der Waals surface area contributed by atoms with Crippen LogP contribution in [-0.4, -0.2) is 15.8 Å². The average Bonchev–Trinajstić information content (AvgIpc) is 2.24. The maximum Gasteiger partial charge on any atom is 0.0628 e. The van der Waals surface area contributed by atoms with Gasteiger partial charge in [0.25, 0.3) is 0 Å². The summed E-state index contributed by atoms with van der Waals surface area (Å²) in [5, 5.41) is 4.36. The molecule has 0 radical (unpaired) electrons. The van der Waals surface area contributed by atoms with Crippen LogP contribution in [0.2, 0.25) is 0 Å². The fourth-order valence-electron chi connectivity index (χ4n) is 1.55. The van der Waals surface area contributed by atoms with Crippen molar-refractivity contribution in [3.8, 4) is 0 Å². The van der Waals surface area contributed by atoms with E-state index in [0.717, 1.165) is 18.5 Å². The van der Waals surface area contributed by atoms with Crippen molar-refractivity contribution in [2.45, 2.75) is 39.7 Å². The third-order valence-corrected chi connectivity index (χ3v) is 2.51. The SMILES string of the molecule is Cc1nn(C)c(C)c1CCC(C)N. The van der Waals surface area contributed by atoms with Gasteiger partial charge in [-0.1, -0.05) is 0 Å². The zero-order chi connectivity index (χ0) is 10.0. The molecule has 74 valence electrons. The van der Waals surface area contributed by atoms with Crippen LogP contribution in [0.5, 0.6) is 0 Å². The number of rotatable bonds is 3. The Morgan fingerprint density at radius 1 is 1.46 bits per heavy atom. The highest BCUT2D eigenvalue weighted by Crippen LogP contribution is 2.14. The van der Waals surface area contributed by atoms with Crippen LogP contribution >= 0.6 is 0 Å². The van der Waals surface area contributed by atoms with Crippen LogP contribution in [0.4, 0.5) is 0 Å². The second kappa shape index (κ2) is 3.92. The molecule has 13 heavy (non-hydrogen) atoms. The summed E-state index contributed by atoms with van der Waals surface area (Å²) in [5.74, 6) is 0. The minimum Gasteiger partial charge on any atom is -0.328 e. The van der Waals surface area contributed by atoms with Crippen molar-refractivity contribution >= 4 is 0 Å². The van der Waals surface area contributed by atoms with E-state index in [-0.39, 0.29) is 6.04 Å². The smallest absolute Gasteiger partial charge is 0.0628 e. The molecule has 0 aliphatic carbocycles. The van der Waals surface area contributed by atoms with E-state index in [0.29, 0.717) is 0 Å². The van der Waals surface area contributed by atoms with Crippen molar-refractivity contribution < 1.29 is 0 Å². The summed E-state index contributed by atoms with van der Waals surface area (Å²) < 4.78 is 1.94. The van der Waals surface area contributed by atoms with Crippen molar-refractivity contribution in [2.24, 2.45) is 12.8 Å². The second-order valence-corrected chi connectivity index (χ2v) is 3.79. The van der Waals surface area contributed by atoms with E-state index >= 15 is 0 Å². The molecule has 0 saturated heterocycles. The van der Waals surface area contributed by atoms with Gasteiger partial charge in [-0.25, -0.2) is 0 Å². The maximum atomic E-state index is 5.72. The molecule has 1 rings (SSSR count). The van der Waals surface area contributed by atoms with E-state index in [1.54, 1.807) is 0 Å². The molecular weight excluding hydrogens is 162 g/mol. The van der Waals surface area contributed by atoms with E-state index in [9.17, 15) is 0 Å². The molecule has 1 aromatic rings. The van der Waals surface area contributed by atoms with Crippen LogP contribution < -0.4 is 5.73 Å². The first-order chi connectivity index (χ1) is 6.02. The molecule has 1 atom stereocenters. The van der Waals surface area contributed by atoms with Gasteiger partial charge in [0.05, 0.1) is 5.69 Å². The number of nitrogens with zero attached hydrogens (tertiary/aromatic N) is 2. The number of nitrogens with two attached hydrogens (primary N) is 1. The molecule has 0 fully saturated rings. The molecule has 0 aromatic carbocycles. The Kier molecular flexibility index (Phi) is 3.09. The minimum atomic E-state index is 0.277. The number of aryl methyl sites for hydroxylation is 2. The van der Waals surface area contributed by atoms with Gasteiger partial charge in [-0.15, -0.1) is 0 Å². The molecule has 1 unspecified atom stereocenters. The van der Waals surface area contributed by atoms with Gasteiger partial charge in [0.1, 0.15) is 0 Å². The fourth-order valence-corrected chi connectivity index (χ4v) is 1.55. The predicted octanol–water partition coefficient (Wildman–Crippen LogP) is 1.32. The van der Waals surface area contributed by atoms with Gasteiger partial charge >= 0.3 is 0 Å². The first kappa shape index (κ1) is 10.3. The topological polar surface area (TPSA) is 43.8 Å². The monoisotopic (exact) mass is 181 g/mol. The van der Waals surface area contributed by atoms with Crippen LogP contribution in [-0.2, 0) is 13.5 Å². The van der Waals surface area contributed by atoms with Gasteiger partial charge in [-0.3, -0.25) is 4.68 Å². The van der Waals surface area contributed by atoms with Crippen LogP contribution in [0.15, 0.2) is 0 Å². The van der Waals surface area contributed by atoms with Crippen molar-refractivity contribution in [1.29, 1.82) is 0 Å². The molecule has 0 bridgehead atoms. The molecule has 3 nitrogen and oxygen atoms in total. The van der Waals surface area contributed by atoms with Crippen LogP contribution in [0.25, 0.3) is 0 Å². The normalized spacial score (nSPS) is 13.3. The van der Waals surface area contributed by atoms with Crippen molar-refractivity contribution in [3.05, 3.63) is 17.0 Å². The Morgan fingerprint density at radius 3 is 2.46 bits per heavy atom. The quantitative estimate of drug-likeness (QED) is 0.764. The molecule has 0 aliphatic heterocycles. The van der Waals surface area contributed by atoms with E-state index in [2.05, 4.69) is 18.9 Å². The predicted molar refractivity (Wildman–Crippen MR) is 54.7 cm³/mol. The van der Waals surface area contributed by atoms with Crippen molar-refractivity contribution in [1.82, 2.24) is 9.78 Å². The van der Waals surface area contributed by atoms with Crippen molar-refractivity contribution in [3.63, 3.8) is 0 Å². The zero-order valence-electron chi connectivity index (χ0n) is 8.96. The fraction of sp³-hybridized carbons (Fsp3) is 0.700. The number of hydrogen-bond donors (Lipinski definition) is 1. The molecular formula is C10H19N3. The summed E-state index contributed by atoms with van der Waals surface area (Å²) in [7, 11) is 1.98. The van der Waals surface area contributed by atoms with Crippen molar-refractivity contribution in [2.75, 3.05) is 0 Å². The lowest BCUT2D eigenvalue weighted by atomic mass is 10.1. The highest BCUT2D eigenvalue weighted by molar-refractivity contribution is 5.24. The van der Waals surface area contributed by atoms with Crippen LogP contribution in [0.3, 0.4) is 0 Å². The number of hydrogen-bond acceptors (Lipinski definition) is 2. The molecule has 3 heteroatoms. The lowest BCUT2D eigenvalue weighted by Crippen LogP contribution is -2.15. The third-order valence-electron chi connectivity index (χ3n) is 2.51. The summed E-state index contributed by atoms with van der Waals surface area (Å²) in [5.41, 5.74) is 9.48. The van der Waals surface area contributed by atoms with Gasteiger partial charge in [-0.05, 0) is 39.2 Å². The standard InChI is InChI=1S/C10H19N3/c1-7(11)5-6-10-8(2)12-13(4)9(10)3/h7H,5-6,11H2,1-4H3. The Morgan fingerprint density at radius 2 is 2.08 bits per heavy atom. The first-order valence-electron chi connectivity index (χ1n) is 4.77.